The molecule has 0 radical (unpaired) electrons. The Labute approximate surface area is 167 Å². The summed E-state index contributed by atoms with van der Waals surface area (Å²) < 4.78 is 0. The third-order valence-electron chi connectivity index (χ3n) is 4.74. The molecule has 3 nitrogen and oxygen atoms in total. The van der Waals surface area contributed by atoms with Gasteiger partial charge in [-0.3, -0.25) is 9.59 Å². The number of carboxylic acids is 1. The SMILES string of the molecule is CCCCC#Cc1ccc(C(=O)CC(CCCc2ccccc2)C(=O)O)cc1. The summed E-state index contributed by atoms with van der Waals surface area (Å²) in [6, 6.07) is 17.1. The molecule has 2 rings (SSSR count). The Bertz CT molecular complexity index is 810. The summed E-state index contributed by atoms with van der Waals surface area (Å²) in [7, 11) is 0. The minimum atomic E-state index is -0.903. The average molecular weight is 376 g/mol. The third-order valence-corrected chi connectivity index (χ3v) is 4.74. The van der Waals surface area contributed by atoms with Gasteiger partial charge in [-0.1, -0.05) is 67.6 Å². The highest BCUT2D eigenvalue weighted by molar-refractivity contribution is 5.98. The summed E-state index contributed by atoms with van der Waals surface area (Å²) in [6.45, 7) is 2.13. The molecular weight excluding hydrogens is 348 g/mol. The maximum Gasteiger partial charge on any atom is 0.306 e. The number of Topliss-reactive ketones (excluding diaryl/α,β-unsaturated/α-hetero) is 1. The Kier molecular flexibility index (Phi) is 9.01. The summed E-state index contributed by atoms with van der Waals surface area (Å²) in [4.78, 5) is 24.1. The van der Waals surface area contributed by atoms with Crippen LogP contribution < -0.4 is 0 Å². The molecule has 0 heterocycles. The largest absolute Gasteiger partial charge is 0.481 e. The minimum absolute atomic E-state index is 0.0334. The lowest BCUT2D eigenvalue weighted by atomic mass is 9.92. The molecule has 1 atom stereocenters. The van der Waals surface area contributed by atoms with E-state index in [1.54, 1.807) is 12.1 Å². The zero-order chi connectivity index (χ0) is 20.2. The molecule has 0 aliphatic carbocycles. The van der Waals surface area contributed by atoms with Crippen LogP contribution in [0.25, 0.3) is 0 Å². The van der Waals surface area contributed by atoms with E-state index in [1.165, 1.54) is 5.56 Å². The molecule has 0 saturated heterocycles. The fourth-order valence-corrected chi connectivity index (χ4v) is 3.02. The molecule has 0 aliphatic rings. The summed E-state index contributed by atoms with van der Waals surface area (Å²) in [6.07, 6.45) is 5.19. The zero-order valence-electron chi connectivity index (χ0n) is 16.5. The van der Waals surface area contributed by atoms with Crippen molar-refractivity contribution in [2.45, 2.75) is 51.9 Å². The first kappa shape index (κ1) is 21.4. The quantitative estimate of drug-likeness (QED) is 0.337. The maximum absolute atomic E-state index is 12.5. The first-order chi connectivity index (χ1) is 13.6. The molecule has 0 spiro atoms. The van der Waals surface area contributed by atoms with Gasteiger partial charge in [-0.15, -0.1) is 0 Å². The lowest BCUT2D eigenvalue weighted by Crippen LogP contribution is -2.18. The number of carboxylic acid groups (broad SMARTS) is 1. The van der Waals surface area contributed by atoms with Crippen LogP contribution in [0.15, 0.2) is 54.6 Å². The molecule has 0 bridgehead atoms. The van der Waals surface area contributed by atoms with E-state index < -0.39 is 11.9 Å². The van der Waals surface area contributed by atoms with E-state index in [9.17, 15) is 14.7 Å². The summed E-state index contributed by atoms with van der Waals surface area (Å²) in [5.41, 5.74) is 2.62. The number of aliphatic carboxylic acids is 1. The summed E-state index contributed by atoms with van der Waals surface area (Å²) in [5.74, 6) is 4.54. The molecule has 146 valence electrons. The van der Waals surface area contributed by atoms with Gasteiger partial charge in [-0.05, 0) is 43.4 Å². The van der Waals surface area contributed by atoms with Gasteiger partial charge in [0.2, 0.25) is 0 Å². The van der Waals surface area contributed by atoms with Gasteiger partial charge in [0, 0.05) is 24.0 Å². The molecular formula is C25H28O3. The fourth-order valence-electron chi connectivity index (χ4n) is 3.02. The number of hydrogen-bond acceptors (Lipinski definition) is 2. The molecule has 28 heavy (non-hydrogen) atoms. The van der Waals surface area contributed by atoms with Crippen LogP contribution in [-0.4, -0.2) is 16.9 Å². The number of carbonyl (C=O) groups excluding carboxylic acids is 1. The van der Waals surface area contributed by atoms with E-state index in [1.807, 2.05) is 42.5 Å². The van der Waals surface area contributed by atoms with Crippen LogP contribution >= 0.6 is 0 Å². The van der Waals surface area contributed by atoms with Crippen LogP contribution in [0.4, 0.5) is 0 Å². The second kappa shape index (κ2) is 11.8. The zero-order valence-corrected chi connectivity index (χ0v) is 16.5. The minimum Gasteiger partial charge on any atom is -0.481 e. The van der Waals surface area contributed by atoms with Gasteiger partial charge in [0.15, 0.2) is 5.78 Å². The molecule has 3 heteroatoms. The topological polar surface area (TPSA) is 54.4 Å². The summed E-state index contributed by atoms with van der Waals surface area (Å²) in [5, 5.41) is 9.48. The van der Waals surface area contributed by atoms with Crippen LogP contribution in [0, 0.1) is 17.8 Å². The van der Waals surface area contributed by atoms with Gasteiger partial charge in [-0.2, -0.15) is 0 Å². The van der Waals surface area contributed by atoms with Crippen LogP contribution in [0.3, 0.4) is 0 Å². The number of rotatable bonds is 10. The number of ketones is 1. The van der Waals surface area contributed by atoms with Crippen molar-refractivity contribution in [3.05, 3.63) is 71.3 Å². The third kappa shape index (κ3) is 7.40. The number of benzene rings is 2. The van der Waals surface area contributed by atoms with Crippen LogP contribution in [-0.2, 0) is 11.2 Å². The van der Waals surface area contributed by atoms with E-state index >= 15 is 0 Å². The van der Waals surface area contributed by atoms with Crippen LogP contribution in [0.2, 0.25) is 0 Å². The van der Waals surface area contributed by atoms with Crippen molar-refractivity contribution in [2.75, 3.05) is 0 Å². The Morgan fingerprint density at radius 3 is 2.36 bits per heavy atom. The van der Waals surface area contributed by atoms with Crippen molar-refractivity contribution in [1.29, 1.82) is 0 Å². The van der Waals surface area contributed by atoms with Gasteiger partial charge in [-0.25, -0.2) is 0 Å². The standard InChI is InChI=1S/C25H28O3/c1-2-3-4-6-12-21-15-17-22(18-16-21)24(26)19-23(25(27)28)14-9-13-20-10-7-5-8-11-20/h5,7-8,10-11,15-18,23H,2-4,9,13-14,19H2,1H3,(H,27,28). The number of carbonyl (C=O) groups is 2. The van der Waals surface area contributed by atoms with Gasteiger partial charge >= 0.3 is 5.97 Å². The molecule has 0 aliphatic heterocycles. The first-order valence-corrected chi connectivity index (χ1v) is 9.99. The van der Waals surface area contributed by atoms with E-state index in [-0.39, 0.29) is 12.2 Å². The number of hydrogen-bond donors (Lipinski definition) is 1. The van der Waals surface area contributed by atoms with Crippen molar-refractivity contribution < 1.29 is 14.7 Å². The Hall–Kier alpha value is -2.86. The summed E-state index contributed by atoms with van der Waals surface area (Å²) >= 11 is 0. The monoisotopic (exact) mass is 376 g/mol. The molecule has 2 aromatic rings. The molecule has 1 unspecified atom stereocenters. The highest BCUT2D eigenvalue weighted by Crippen LogP contribution is 2.18. The maximum atomic E-state index is 12.5. The van der Waals surface area contributed by atoms with E-state index in [0.717, 1.165) is 37.7 Å². The molecule has 0 aromatic heterocycles. The predicted octanol–water partition coefficient (Wildman–Crippen LogP) is 5.52. The van der Waals surface area contributed by atoms with Gasteiger partial charge in [0.25, 0.3) is 0 Å². The second-order valence-corrected chi connectivity index (χ2v) is 7.02. The van der Waals surface area contributed by atoms with Gasteiger partial charge in [0.1, 0.15) is 0 Å². The van der Waals surface area contributed by atoms with E-state index in [4.69, 9.17) is 0 Å². The Morgan fingerprint density at radius 1 is 1.00 bits per heavy atom. The van der Waals surface area contributed by atoms with Crippen LogP contribution in [0.1, 0.15) is 66.9 Å². The molecule has 2 aromatic carbocycles. The Morgan fingerprint density at radius 2 is 1.71 bits per heavy atom. The molecule has 1 N–H and O–H groups in total. The normalized spacial score (nSPS) is 11.3. The van der Waals surface area contributed by atoms with E-state index in [2.05, 4.69) is 18.8 Å². The van der Waals surface area contributed by atoms with Gasteiger partial charge in [0.05, 0.1) is 5.92 Å². The highest BCUT2D eigenvalue weighted by Gasteiger charge is 2.21. The Balaban J connectivity index is 1.88. The molecule has 0 amide bonds. The first-order valence-electron chi connectivity index (χ1n) is 9.99. The highest BCUT2D eigenvalue weighted by atomic mass is 16.4. The number of aryl methyl sites for hydroxylation is 1. The van der Waals surface area contributed by atoms with Crippen molar-refractivity contribution in [3.63, 3.8) is 0 Å². The van der Waals surface area contributed by atoms with Crippen molar-refractivity contribution in [1.82, 2.24) is 0 Å². The second-order valence-electron chi connectivity index (χ2n) is 7.02. The molecule has 0 saturated carbocycles. The number of unbranched alkanes of at least 4 members (excludes halogenated alkanes) is 2. The predicted molar refractivity (Wildman–Crippen MR) is 112 cm³/mol. The average Bonchev–Trinajstić information content (AvgIpc) is 2.71. The lowest BCUT2D eigenvalue weighted by Gasteiger charge is -2.11. The van der Waals surface area contributed by atoms with Crippen LogP contribution in [0.5, 0.6) is 0 Å². The van der Waals surface area contributed by atoms with Crippen molar-refractivity contribution >= 4 is 11.8 Å². The van der Waals surface area contributed by atoms with Crippen molar-refractivity contribution in [2.24, 2.45) is 5.92 Å². The van der Waals surface area contributed by atoms with E-state index in [0.29, 0.717) is 12.0 Å². The fraction of sp³-hybridized carbons (Fsp3) is 0.360. The molecule has 0 fully saturated rings. The lowest BCUT2D eigenvalue weighted by molar-refractivity contribution is -0.141. The van der Waals surface area contributed by atoms with Gasteiger partial charge < -0.3 is 5.11 Å². The smallest absolute Gasteiger partial charge is 0.306 e. The van der Waals surface area contributed by atoms with Crippen molar-refractivity contribution in [3.8, 4) is 11.8 Å².